The smallest absolute Gasteiger partial charge is 0.000425 e. The van der Waals surface area contributed by atoms with E-state index in [0.29, 0.717) is 0 Å². The molecule has 62 valence electrons. The second-order valence-corrected chi connectivity index (χ2v) is 3.50. The summed E-state index contributed by atoms with van der Waals surface area (Å²) >= 11 is 2.44. The molecule has 0 radical (unpaired) electrons. The van der Waals surface area contributed by atoms with Gasteiger partial charge in [-0.05, 0) is 36.9 Å². The molecule has 0 bridgehead atoms. The summed E-state index contributed by atoms with van der Waals surface area (Å²) in [6, 6.07) is 0. The van der Waals surface area contributed by atoms with E-state index in [1.165, 1.54) is 36.9 Å². The van der Waals surface area contributed by atoms with Crippen LogP contribution >= 0.6 is 22.6 Å². The highest BCUT2D eigenvalue weighted by Crippen LogP contribution is 1.97. The van der Waals surface area contributed by atoms with E-state index in [1.807, 2.05) is 0 Å². The summed E-state index contributed by atoms with van der Waals surface area (Å²) in [5, 5.41) is 0. The summed E-state index contributed by atoms with van der Waals surface area (Å²) in [7, 11) is 0. The van der Waals surface area contributed by atoms with Crippen molar-refractivity contribution >= 4 is 22.6 Å². The first-order valence-corrected chi connectivity index (χ1v) is 5.66. The minimum atomic E-state index is 1.21. The maximum absolute atomic E-state index is 2.48. The van der Waals surface area contributed by atoms with Gasteiger partial charge >= 0.3 is 0 Å². The summed E-state index contributed by atoms with van der Waals surface area (Å²) in [5.41, 5.74) is 0. The summed E-state index contributed by atoms with van der Waals surface area (Å²) in [5.74, 6) is 0. The van der Waals surface area contributed by atoms with Crippen LogP contribution in [-0.4, -0.2) is 29.0 Å². The molecule has 0 rings (SSSR count). The predicted molar refractivity (Wildman–Crippen MR) is 55.9 cm³/mol. The molecule has 0 saturated heterocycles. The molecule has 0 aromatic rings. The van der Waals surface area contributed by atoms with Crippen LogP contribution in [0, 0.1) is 0 Å². The van der Waals surface area contributed by atoms with Gasteiger partial charge in [0.15, 0.2) is 0 Å². The van der Waals surface area contributed by atoms with Gasteiger partial charge in [0, 0.05) is 0 Å². The Kier molecular flexibility index (Phi) is 8.33. The molecule has 10 heavy (non-hydrogen) atoms. The molecule has 0 heterocycles. The highest BCUT2D eigenvalue weighted by Gasteiger charge is 1.96. The summed E-state index contributed by atoms with van der Waals surface area (Å²) < 4.78 is 1.30. The number of nitrogens with zero attached hydrogens (tertiary/aromatic N) is 1. The summed E-state index contributed by atoms with van der Waals surface area (Å²) in [4.78, 5) is 2.48. The number of rotatable bonds is 6. The van der Waals surface area contributed by atoms with Crippen molar-refractivity contribution in [2.75, 3.05) is 24.1 Å². The molecular weight excluding hydrogens is 237 g/mol. The molecule has 0 amide bonds. The van der Waals surface area contributed by atoms with Gasteiger partial charge in [-0.15, -0.1) is 0 Å². The average molecular weight is 255 g/mol. The summed E-state index contributed by atoms with van der Waals surface area (Å²) in [6.45, 7) is 8.16. The first kappa shape index (κ1) is 10.7. The molecule has 0 aliphatic heterocycles. The molecule has 0 spiro atoms. The van der Waals surface area contributed by atoms with Gasteiger partial charge in [-0.1, -0.05) is 36.4 Å². The van der Waals surface area contributed by atoms with Gasteiger partial charge < -0.3 is 4.90 Å². The van der Waals surface area contributed by atoms with Crippen molar-refractivity contribution in [3.05, 3.63) is 0 Å². The van der Waals surface area contributed by atoms with Gasteiger partial charge in [-0.25, -0.2) is 0 Å². The SMILES string of the molecule is CCN(CC)CCCCI. The minimum absolute atomic E-state index is 1.21. The van der Waals surface area contributed by atoms with Crippen molar-refractivity contribution in [1.29, 1.82) is 0 Å². The van der Waals surface area contributed by atoms with Crippen molar-refractivity contribution in [2.24, 2.45) is 0 Å². The average Bonchev–Trinajstić information content (AvgIpc) is 1.99. The highest BCUT2D eigenvalue weighted by atomic mass is 127. The fraction of sp³-hybridized carbons (Fsp3) is 1.00. The number of hydrogen-bond acceptors (Lipinski definition) is 1. The zero-order valence-corrected chi connectivity index (χ0v) is 9.23. The van der Waals surface area contributed by atoms with Crippen molar-refractivity contribution in [1.82, 2.24) is 4.90 Å². The lowest BCUT2D eigenvalue weighted by Crippen LogP contribution is -2.23. The predicted octanol–water partition coefficient (Wildman–Crippen LogP) is 2.54. The minimum Gasteiger partial charge on any atom is -0.304 e. The van der Waals surface area contributed by atoms with Crippen molar-refractivity contribution in [3.63, 3.8) is 0 Å². The zero-order chi connectivity index (χ0) is 7.82. The number of unbranched alkanes of at least 4 members (excludes halogenated alkanes) is 1. The molecule has 1 nitrogen and oxygen atoms in total. The molecule has 0 aliphatic rings. The lowest BCUT2D eigenvalue weighted by molar-refractivity contribution is 0.299. The van der Waals surface area contributed by atoms with E-state index in [0.717, 1.165) is 0 Å². The van der Waals surface area contributed by atoms with Crippen LogP contribution in [0.1, 0.15) is 26.7 Å². The standard InChI is InChI=1S/C8H18IN/c1-3-10(4-2)8-6-5-7-9/h3-8H2,1-2H3. The third-order valence-electron chi connectivity index (χ3n) is 1.75. The lowest BCUT2D eigenvalue weighted by Gasteiger charge is -2.16. The fourth-order valence-electron chi connectivity index (χ4n) is 0.970. The molecule has 0 aromatic heterocycles. The Balaban J connectivity index is 3.09. The first-order chi connectivity index (χ1) is 4.85. The van der Waals surface area contributed by atoms with Crippen molar-refractivity contribution in [3.8, 4) is 0 Å². The van der Waals surface area contributed by atoms with Crippen LogP contribution in [0.2, 0.25) is 0 Å². The number of alkyl halides is 1. The Labute approximate surface area is 78.3 Å². The van der Waals surface area contributed by atoms with Crippen molar-refractivity contribution in [2.45, 2.75) is 26.7 Å². The van der Waals surface area contributed by atoms with E-state index < -0.39 is 0 Å². The van der Waals surface area contributed by atoms with Gasteiger partial charge in [0.05, 0.1) is 0 Å². The van der Waals surface area contributed by atoms with Gasteiger partial charge in [-0.3, -0.25) is 0 Å². The maximum atomic E-state index is 2.48. The first-order valence-electron chi connectivity index (χ1n) is 4.13. The zero-order valence-electron chi connectivity index (χ0n) is 7.07. The quantitative estimate of drug-likeness (QED) is 0.400. The van der Waals surface area contributed by atoms with Crippen LogP contribution in [0.3, 0.4) is 0 Å². The Morgan fingerprint density at radius 3 is 2.10 bits per heavy atom. The Morgan fingerprint density at radius 2 is 1.70 bits per heavy atom. The van der Waals surface area contributed by atoms with Crippen molar-refractivity contribution < 1.29 is 0 Å². The number of halogens is 1. The normalized spacial score (nSPS) is 10.8. The second kappa shape index (κ2) is 7.79. The monoisotopic (exact) mass is 255 g/mol. The van der Waals surface area contributed by atoms with Crippen LogP contribution in [0.15, 0.2) is 0 Å². The van der Waals surface area contributed by atoms with E-state index >= 15 is 0 Å². The van der Waals surface area contributed by atoms with Crippen LogP contribution in [0.4, 0.5) is 0 Å². The molecule has 0 N–H and O–H groups in total. The van der Waals surface area contributed by atoms with E-state index in [9.17, 15) is 0 Å². The van der Waals surface area contributed by atoms with E-state index in [1.54, 1.807) is 0 Å². The molecule has 0 aliphatic carbocycles. The molecule has 2 heteroatoms. The van der Waals surface area contributed by atoms with Crippen LogP contribution in [-0.2, 0) is 0 Å². The third kappa shape index (κ3) is 5.47. The molecule has 0 saturated carbocycles. The van der Waals surface area contributed by atoms with Gasteiger partial charge in [0.1, 0.15) is 0 Å². The van der Waals surface area contributed by atoms with Gasteiger partial charge in [0.2, 0.25) is 0 Å². The van der Waals surface area contributed by atoms with E-state index in [-0.39, 0.29) is 0 Å². The molecular formula is C8H18IN. The van der Waals surface area contributed by atoms with Gasteiger partial charge in [-0.2, -0.15) is 0 Å². The van der Waals surface area contributed by atoms with E-state index in [4.69, 9.17) is 0 Å². The maximum Gasteiger partial charge on any atom is -0.000425 e. The van der Waals surface area contributed by atoms with Gasteiger partial charge in [0.25, 0.3) is 0 Å². The molecule has 0 fully saturated rings. The Bertz CT molecular complexity index is 62.3. The topological polar surface area (TPSA) is 3.24 Å². The van der Waals surface area contributed by atoms with E-state index in [2.05, 4.69) is 41.3 Å². The summed E-state index contributed by atoms with van der Waals surface area (Å²) in [6.07, 6.45) is 2.74. The Morgan fingerprint density at radius 1 is 1.10 bits per heavy atom. The molecule has 0 unspecified atom stereocenters. The van der Waals surface area contributed by atoms with Crippen LogP contribution in [0.25, 0.3) is 0 Å². The molecule has 0 atom stereocenters. The second-order valence-electron chi connectivity index (χ2n) is 2.42. The highest BCUT2D eigenvalue weighted by molar-refractivity contribution is 14.1. The molecule has 0 aromatic carbocycles. The number of hydrogen-bond donors (Lipinski definition) is 0. The third-order valence-corrected chi connectivity index (χ3v) is 2.52. The Hall–Kier alpha value is 0.690. The lowest BCUT2D eigenvalue weighted by atomic mass is 10.3. The van der Waals surface area contributed by atoms with Crippen LogP contribution in [0.5, 0.6) is 0 Å². The fourth-order valence-corrected chi connectivity index (χ4v) is 1.51. The largest absolute Gasteiger partial charge is 0.304 e. The van der Waals surface area contributed by atoms with Crippen LogP contribution < -0.4 is 0 Å².